The molecule has 2 heteroatoms. The van der Waals surface area contributed by atoms with Crippen molar-refractivity contribution in [3.05, 3.63) is 53.6 Å². The largest absolute Gasteiger partial charge is 0.300 e. The van der Waals surface area contributed by atoms with Gasteiger partial charge in [-0.1, -0.05) is 38.1 Å². The lowest BCUT2D eigenvalue weighted by molar-refractivity contribution is 0.255. The Balaban J connectivity index is 2.24. The normalized spacial score (nSPS) is 15.9. The molecule has 27 heavy (non-hydrogen) atoms. The average molecular weight is 367 g/mol. The van der Waals surface area contributed by atoms with Gasteiger partial charge in [-0.15, -0.1) is 6.58 Å². The van der Waals surface area contributed by atoms with E-state index in [-0.39, 0.29) is 0 Å². The summed E-state index contributed by atoms with van der Waals surface area (Å²) in [6, 6.07) is 5.53. The van der Waals surface area contributed by atoms with E-state index in [0.717, 1.165) is 17.3 Å². The molecule has 148 valence electrons. The van der Waals surface area contributed by atoms with E-state index >= 15 is 0 Å². The van der Waals surface area contributed by atoms with Crippen LogP contribution in [0.4, 0.5) is 0 Å². The van der Waals surface area contributed by atoms with Crippen molar-refractivity contribution in [2.75, 3.05) is 19.6 Å². The van der Waals surface area contributed by atoms with Gasteiger partial charge in [0.1, 0.15) is 0 Å². The predicted molar refractivity (Wildman–Crippen MR) is 121 cm³/mol. The van der Waals surface area contributed by atoms with Gasteiger partial charge in [0.15, 0.2) is 0 Å². The highest BCUT2D eigenvalue weighted by atomic mass is 15.2. The van der Waals surface area contributed by atoms with Gasteiger partial charge in [-0.2, -0.15) is 0 Å². The molecule has 2 rings (SSSR count). The standard InChI is InChI=1S/C25H38N2/c1-8-13-26-21(7)25-17-24(20(6)16-23(25)18(3)4)19(5)12-15-27(14-9-2)22-10-11-22/h8,16-17,19,22H,1,3,9-15H2,2,4-7H3. The number of benzene rings is 1. The van der Waals surface area contributed by atoms with E-state index in [4.69, 9.17) is 0 Å². The van der Waals surface area contributed by atoms with Crippen LogP contribution in [0, 0.1) is 6.92 Å². The Bertz CT molecular complexity index is 695. The number of aliphatic imine (C=N–C) groups is 1. The Hall–Kier alpha value is -1.67. The van der Waals surface area contributed by atoms with Crippen LogP contribution >= 0.6 is 0 Å². The summed E-state index contributed by atoms with van der Waals surface area (Å²) >= 11 is 0. The number of nitrogens with zero attached hydrogens (tertiary/aromatic N) is 2. The number of rotatable bonds is 11. The molecule has 0 radical (unpaired) electrons. The molecule has 0 aliphatic heterocycles. The number of hydrogen-bond donors (Lipinski definition) is 0. The molecule has 1 aromatic rings. The maximum absolute atomic E-state index is 4.67. The molecule has 1 saturated carbocycles. The molecule has 0 N–H and O–H groups in total. The summed E-state index contributed by atoms with van der Waals surface area (Å²) in [5.41, 5.74) is 7.45. The average Bonchev–Trinajstić information content (AvgIpc) is 3.47. The van der Waals surface area contributed by atoms with Crippen LogP contribution in [0.3, 0.4) is 0 Å². The first kappa shape index (κ1) is 21.6. The summed E-state index contributed by atoms with van der Waals surface area (Å²) in [5, 5.41) is 0. The first-order valence-electron chi connectivity index (χ1n) is 10.6. The van der Waals surface area contributed by atoms with E-state index in [1.807, 2.05) is 6.08 Å². The molecule has 0 saturated heterocycles. The third-order valence-corrected chi connectivity index (χ3v) is 5.67. The Morgan fingerprint density at radius 3 is 2.52 bits per heavy atom. The van der Waals surface area contributed by atoms with E-state index in [1.165, 1.54) is 61.0 Å². The Morgan fingerprint density at radius 2 is 1.96 bits per heavy atom. The molecule has 0 heterocycles. The molecule has 1 fully saturated rings. The van der Waals surface area contributed by atoms with Gasteiger partial charge in [-0.25, -0.2) is 0 Å². The fourth-order valence-corrected chi connectivity index (χ4v) is 3.91. The monoisotopic (exact) mass is 366 g/mol. The van der Waals surface area contributed by atoms with Crippen LogP contribution < -0.4 is 0 Å². The van der Waals surface area contributed by atoms with Crippen LogP contribution in [-0.2, 0) is 0 Å². The van der Waals surface area contributed by atoms with Crippen molar-refractivity contribution in [2.45, 2.75) is 72.3 Å². The highest BCUT2D eigenvalue weighted by Crippen LogP contribution is 2.31. The second kappa shape index (κ2) is 10.0. The molecule has 1 atom stereocenters. The minimum absolute atomic E-state index is 0.549. The second-order valence-corrected chi connectivity index (χ2v) is 8.21. The van der Waals surface area contributed by atoms with E-state index in [1.54, 1.807) is 0 Å². The Morgan fingerprint density at radius 1 is 1.26 bits per heavy atom. The quantitative estimate of drug-likeness (QED) is 0.327. The van der Waals surface area contributed by atoms with Crippen molar-refractivity contribution in [3.63, 3.8) is 0 Å². The summed E-state index contributed by atoms with van der Waals surface area (Å²) in [4.78, 5) is 7.37. The van der Waals surface area contributed by atoms with Gasteiger partial charge in [-0.3, -0.25) is 4.99 Å². The van der Waals surface area contributed by atoms with Crippen LogP contribution in [0.1, 0.15) is 81.5 Å². The van der Waals surface area contributed by atoms with Gasteiger partial charge in [0.25, 0.3) is 0 Å². The van der Waals surface area contributed by atoms with Gasteiger partial charge >= 0.3 is 0 Å². The molecule has 1 aliphatic carbocycles. The van der Waals surface area contributed by atoms with Gasteiger partial charge in [0, 0.05) is 17.3 Å². The maximum atomic E-state index is 4.67. The molecular weight excluding hydrogens is 328 g/mol. The minimum atomic E-state index is 0.549. The van der Waals surface area contributed by atoms with Crippen LogP contribution in [-0.4, -0.2) is 36.3 Å². The number of aryl methyl sites for hydroxylation is 1. The Labute approximate surface area is 167 Å². The summed E-state index contributed by atoms with van der Waals surface area (Å²) < 4.78 is 0. The fourth-order valence-electron chi connectivity index (χ4n) is 3.91. The van der Waals surface area contributed by atoms with E-state index in [0.29, 0.717) is 12.5 Å². The van der Waals surface area contributed by atoms with Crippen molar-refractivity contribution in [1.82, 2.24) is 4.90 Å². The molecule has 0 amide bonds. The van der Waals surface area contributed by atoms with Crippen molar-refractivity contribution in [2.24, 2.45) is 4.99 Å². The first-order valence-corrected chi connectivity index (χ1v) is 10.6. The molecule has 1 unspecified atom stereocenters. The summed E-state index contributed by atoms with van der Waals surface area (Å²) in [5.74, 6) is 0.549. The van der Waals surface area contributed by atoms with Gasteiger partial charge < -0.3 is 4.90 Å². The zero-order valence-corrected chi connectivity index (χ0v) is 18.1. The van der Waals surface area contributed by atoms with Crippen LogP contribution in [0.15, 0.2) is 36.4 Å². The van der Waals surface area contributed by atoms with Crippen molar-refractivity contribution in [1.29, 1.82) is 0 Å². The summed E-state index contributed by atoms with van der Waals surface area (Å²) in [6.45, 7) is 22.2. The van der Waals surface area contributed by atoms with E-state index in [9.17, 15) is 0 Å². The molecular formula is C25H38N2. The first-order chi connectivity index (χ1) is 12.9. The smallest absolute Gasteiger partial charge is 0.0571 e. The third-order valence-electron chi connectivity index (χ3n) is 5.67. The second-order valence-electron chi connectivity index (χ2n) is 8.21. The lowest BCUT2D eigenvalue weighted by Gasteiger charge is -2.25. The van der Waals surface area contributed by atoms with Crippen molar-refractivity contribution >= 4 is 11.3 Å². The predicted octanol–water partition coefficient (Wildman–Crippen LogP) is 6.39. The molecule has 1 aliphatic rings. The fraction of sp³-hybridized carbons (Fsp3) is 0.560. The summed E-state index contributed by atoms with van der Waals surface area (Å²) in [7, 11) is 0. The minimum Gasteiger partial charge on any atom is -0.300 e. The third kappa shape index (κ3) is 5.90. The van der Waals surface area contributed by atoms with Crippen molar-refractivity contribution in [3.8, 4) is 0 Å². The van der Waals surface area contributed by atoms with Gasteiger partial charge in [0.2, 0.25) is 0 Å². The highest BCUT2D eigenvalue weighted by Gasteiger charge is 2.28. The molecule has 1 aromatic carbocycles. The van der Waals surface area contributed by atoms with Crippen LogP contribution in [0.25, 0.3) is 5.57 Å². The maximum Gasteiger partial charge on any atom is 0.0571 e. The highest BCUT2D eigenvalue weighted by molar-refractivity contribution is 6.03. The SMILES string of the molecule is C=CCN=C(C)c1cc(C(C)CCN(CCC)C2CC2)c(C)cc1C(=C)C. The summed E-state index contributed by atoms with van der Waals surface area (Å²) in [6.07, 6.45) is 7.10. The van der Waals surface area contributed by atoms with E-state index in [2.05, 4.69) is 69.8 Å². The van der Waals surface area contributed by atoms with Crippen molar-refractivity contribution < 1.29 is 0 Å². The number of allylic oxidation sites excluding steroid dienone is 1. The lowest BCUT2D eigenvalue weighted by Crippen LogP contribution is -2.28. The zero-order valence-electron chi connectivity index (χ0n) is 18.1. The van der Waals surface area contributed by atoms with E-state index < -0.39 is 0 Å². The zero-order chi connectivity index (χ0) is 20.0. The molecule has 2 nitrogen and oxygen atoms in total. The van der Waals surface area contributed by atoms with Gasteiger partial charge in [-0.05, 0) is 88.2 Å². The lowest BCUT2D eigenvalue weighted by atomic mass is 9.87. The number of hydrogen-bond acceptors (Lipinski definition) is 2. The Kier molecular flexibility index (Phi) is 8.04. The molecule has 0 spiro atoms. The molecule has 0 aromatic heterocycles. The van der Waals surface area contributed by atoms with Crippen LogP contribution in [0.5, 0.6) is 0 Å². The molecule has 0 bridgehead atoms. The topological polar surface area (TPSA) is 15.6 Å². The van der Waals surface area contributed by atoms with Gasteiger partial charge in [0.05, 0.1) is 6.54 Å². The van der Waals surface area contributed by atoms with Crippen LogP contribution in [0.2, 0.25) is 0 Å².